The SMILES string of the molecule is C[C@]1(c2cc(N)ccc2F)N=C(NC(=O)c2ccccc2)O[C@@H]2C[C@@H]21.Cc1cnc(C(=O)Cc2ccc(F)c([C@@]3(C)N=C(N)O[C@@H]4C[C@@H]43)c2)cn1.Cc1cnc(C(=O)Cc2ccc(F)c([C@@]3(C)N=C(NC(=O)c4ccccc4)O[C@@H]4C[C@@H]43)c2)cn1.Cc1cnc(C(=O)Cc2ccc(F)c([C@]3(C)N=C(N)O[C@H]4C[C@H]43)c2)cn1.Cc1cnc(C(=O)Cc2ccc(F)c([C@]3(C)N=C(NC(=O)c4ccccc4)O[C@H]4C[C@H]43)c2)cn1. The van der Waals surface area contributed by atoms with Crippen molar-refractivity contribution >= 4 is 76.7 Å². The van der Waals surface area contributed by atoms with Crippen LogP contribution in [0.4, 0.5) is 27.6 Å². The van der Waals surface area contributed by atoms with Gasteiger partial charge >= 0.3 is 0 Å². The second-order valence-electron chi connectivity index (χ2n) is 38.4. The van der Waals surface area contributed by atoms with E-state index in [9.17, 15) is 46.7 Å². The van der Waals surface area contributed by atoms with E-state index in [4.69, 9.17) is 40.9 Å². The maximum Gasteiger partial charge on any atom is 0.292 e. The lowest BCUT2D eigenvalue weighted by atomic mass is 9.85. The Kier molecular flexibility index (Phi) is 27.4. The fourth-order valence-electron chi connectivity index (χ4n) is 19.1. The fourth-order valence-corrected chi connectivity index (χ4v) is 19.1. The number of aromatic nitrogens is 8. The molecule has 31 nitrogen and oxygen atoms in total. The minimum absolute atomic E-state index is 0.00924. The minimum Gasteiger partial charge on any atom is -0.462 e. The van der Waals surface area contributed by atoms with Crippen LogP contribution in [0, 0.1) is 86.4 Å². The Morgan fingerprint density at radius 1 is 0.297 bits per heavy atom. The van der Waals surface area contributed by atoms with E-state index >= 15 is 8.78 Å². The highest BCUT2D eigenvalue weighted by atomic mass is 19.1. The topological polar surface area (TPSA) is 445 Å². The molecule has 12 aromatic rings. The smallest absolute Gasteiger partial charge is 0.292 e. The molecule has 8 aromatic carbocycles. The lowest BCUT2D eigenvalue weighted by Gasteiger charge is -2.31. The average molecular weight is 1970 g/mol. The highest BCUT2D eigenvalue weighted by Crippen LogP contribution is 2.58. The van der Waals surface area contributed by atoms with Gasteiger partial charge < -0.3 is 40.9 Å². The molecule has 145 heavy (non-hydrogen) atoms. The molecule has 4 aromatic heterocycles. The Balaban J connectivity index is 0.000000120. The van der Waals surface area contributed by atoms with Crippen molar-refractivity contribution in [2.45, 2.75) is 178 Å². The van der Waals surface area contributed by atoms with Crippen molar-refractivity contribution < 1.29 is 79.2 Å². The number of Topliss-reactive ketones (excluding diaryl/α,β-unsaturated/α-hetero) is 4. The zero-order chi connectivity index (χ0) is 102. The third-order valence-corrected chi connectivity index (χ3v) is 27.6. The number of hydrogen-bond donors (Lipinski definition) is 6. The van der Waals surface area contributed by atoms with E-state index in [2.05, 4.69) is 80.8 Å². The van der Waals surface area contributed by atoms with Gasteiger partial charge in [0.1, 0.15) is 82.4 Å². The molecule has 0 saturated heterocycles. The van der Waals surface area contributed by atoms with Gasteiger partial charge in [-0.15, -0.1) is 0 Å². The Morgan fingerprint density at radius 3 is 0.766 bits per heavy atom. The Morgan fingerprint density at radius 2 is 0.524 bits per heavy atom. The maximum absolute atomic E-state index is 15.0. The van der Waals surface area contributed by atoms with E-state index in [1.807, 2.05) is 52.8 Å². The van der Waals surface area contributed by atoms with Crippen LogP contribution in [0.15, 0.2) is 257 Å². The number of nitrogens with one attached hydrogen (secondary N) is 3. The van der Waals surface area contributed by atoms with Crippen molar-refractivity contribution in [3.8, 4) is 0 Å². The van der Waals surface area contributed by atoms with Crippen LogP contribution in [0.1, 0.15) is 213 Å². The molecule has 15 atom stereocenters. The number of halogens is 5. The van der Waals surface area contributed by atoms with E-state index in [1.165, 1.54) is 61.2 Å². The number of fused-ring (bicyclic) bond motifs is 5. The first-order valence-electron chi connectivity index (χ1n) is 47.3. The minimum atomic E-state index is -0.935. The molecule has 36 heteroatoms. The van der Waals surface area contributed by atoms with E-state index < -0.39 is 39.3 Å². The zero-order valence-electron chi connectivity index (χ0n) is 80.4. The fraction of sp³-hybridized carbons (Fsp3) is 0.303. The van der Waals surface area contributed by atoms with Crippen LogP contribution >= 0.6 is 0 Å². The number of rotatable bonds is 20. The number of anilines is 1. The molecule has 0 spiro atoms. The van der Waals surface area contributed by atoms with E-state index in [1.54, 1.807) is 180 Å². The Hall–Kier alpha value is -16.4. The number of ketones is 4. The van der Waals surface area contributed by atoms with Crippen molar-refractivity contribution in [2.24, 2.45) is 66.0 Å². The van der Waals surface area contributed by atoms with E-state index in [-0.39, 0.29) is 186 Å². The maximum atomic E-state index is 15.0. The molecule has 0 bridgehead atoms. The predicted molar refractivity (Wildman–Crippen MR) is 525 cm³/mol. The summed E-state index contributed by atoms with van der Waals surface area (Å²) in [6.07, 6.45) is 15.7. The summed E-state index contributed by atoms with van der Waals surface area (Å²) in [4.78, 5) is 143. The quantitative estimate of drug-likeness (QED) is 0.0234. The number of amides is 3. The number of nitrogens with zero attached hydrogens (tertiary/aromatic N) is 13. The van der Waals surface area contributed by atoms with Crippen molar-refractivity contribution in [3.05, 3.63) is 373 Å². The summed E-state index contributed by atoms with van der Waals surface area (Å²) >= 11 is 0. The normalized spacial score (nSPS) is 24.8. The van der Waals surface area contributed by atoms with Crippen LogP contribution < -0.4 is 33.2 Å². The summed E-state index contributed by atoms with van der Waals surface area (Å²) in [5.74, 6) is -3.44. The highest BCUT2D eigenvalue weighted by molar-refractivity contribution is 6.06. The number of aryl methyl sites for hydroxylation is 4. The first-order valence-corrected chi connectivity index (χ1v) is 47.3. The lowest BCUT2D eigenvalue weighted by Crippen LogP contribution is -2.41. The van der Waals surface area contributed by atoms with Gasteiger partial charge in [0.25, 0.3) is 47.8 Å². The molecular formula is C109H102F5N19O12. The molecule has 5 aliphatic heterocycles. The first-order chi connectivity index (χ1) is 69.4. The number of benzene rings is 8. The number of nitrogens with two attached hydrogens (primary N) is 3. The molecular weight excluding hydrogens is 1860 g/mol. The molecule has 9 N–H and O–H groups in total. The Bertz CT molecular complexity index is 6890. The van der Waals surface area contributed by atoms with Gasteiger partial charge in [-0.3, -0.25) is 69.4 Å². The van der Waals surface area contributed by atoms with Gasteiger partial charge in [-0.1, -0.05) is 78.9 Å². The van der Waals surface area contributed by atoms with Gasteiger partial charge in [-0.2, -0.15) is 0 Å². The summed E-state index contributed by atoms with van der Waals surface area (Å²) in [5, 5.41) is 8.10. The molecule has 5 aliphatic carbocycles. The molecule has 5 fully saturated rings. The summed E-state index contributed by atoms with van der Waals surface area (Å²) in [6.45, 7) is 16.5. The van der Waals surface area contributed by atoms with Crippen molar-refractivity contribution in [1.82, 2.24) is 55.8 Å². The monoisotopic (exact) mass is 1960 g/mol. The second kappa shape index (κ2) is 40.2. The second-order valence-corrected chi connectivity index (χ2v) is 38.4. The molecule has 3 amide bonds. The average Bonchev–Trinajstić information content (AvgIpc) is 1.55. The zero-order valence-corrected chi connectivity index (χ0v) is 80.4. The van der Waals surface area contributed by atoms with Gasteiger partial charge in [0.2, 0.25) is 0 Å². The Labute approximate surface area is 830 Å². The van der Waals surface area contributed by atoms with Gasteiger partial charge in [-0.25, -0.2) is 66.9 Å². The van der Waals surface area contributed by atoms with Crippen LogP contribution in [-0.4, -0.2) is 141 Å². The highest BCUT2D eigenvalue weighted by Gasteiger charge is 2.62. The molecule has 0 radical (unpaired) electrons. The van der Waals surface area contributed by atoms with Crippen LogP contribution in [-0.2, 0) is 77.1 Å². The molecule has 9 heterocycles. The van der Waals surface area contributed by atoms with Crippen LogP contribution in [0.5, 0.6) is 0 Å². The summed E-state index contributed by atoms with van der Waals surface area (Å²) in [5.41, 5.74) is 23.8. The molecule has 22 rings (SSSR count). The number of ether oxygens (including phenoxy) is 5. The summed E-state index contributed by atoms with van der Waals surface area (Å²) in [6, 6.07) is 49.8. The molecule has 740 valence electrons. The summed E-state index contributed by atoms with van der Waals surface area (Å²) < 4.78 is 102. The van der Waals surface area contributed by atoms with Gasteiger partial charge in [0.15, 0.2) is 23.1 Å². The van der Waals surface area contributed by atoms with Crippen LogP contribution in [0.2, 0.25) is 0 Å². The largest absolute Gasteiger partial charge is 0.462 e. The number of carbonyl (C=O) groups is 7. The van der Waals surface area contributed by atoms with Crippen molar-refractivity contribution in [3.63, 3.8) is 0 Å². The standard InChI is InChI=1S/2C26H23FN4O3.2C19H19FN4O2.C19H18FN3O2/c2*1-15-13-29-21(14-28-15)22(32)11-16-8-9-20(27)18(10-16)26(2)19-12-23(19)34-25(31-26)30-24(33)17-6-4-3-5-7-17;2*1-10-8-23-15(9-22-10)16(25)6-11-3-4-14(20)12(5-11)19(2)13-7-17(13)26-18(21)24-19;1-19(13-9-12(21)7-8-15(13)20)14-10-16(14)25-18(23-19)22-17(24)11-5-3-2-4-6-11/h2*3-10,13-14,19,23H,11-12H2,1-2H3,(H,30,31,33);2*3-5,8-9,13,17H,6-7H2,1-2H3,(H2,21,24);2-9,14,16H,10,21H2,1H3,(H,22,23,24)/t2*19-,23+,26+;2*13-,17+,19+;14-,16+,19+/m10100/s1. The predicted octanol–water partition coefficient (Wildman–Crippen LogP) is 15.0. The van der Waals surface area contributed by atoms with Crippen molar-refractivity contribution in [1.29, 1.82) is 0 Å². The summed E-state index contributed by atoms with van der Waals surface area (Å²) in [7, 11) is 0. The molecule has 5 saturated carbocycles. The van der Waals surface area contributed by atoms with E-state index in [0.29, 0.717) is 96.7 Å². The first kappa shape index (κ1) is 98.7. The number of carbonyl (C=O) groups excluding carboxylic acids is 7. The van der Waals surface area contributed by atoms with Gasteiger partial charge in [0, 0.05) is 130 Å². The lowest BCUT2D eigenvalue weighted by molar-refractivity contribution is 0.0946. The van der Waals surface area contributed by atoms with Crippen LogP contribution in [0.3, 0.4) is 0 Å². The molecule has 0 unspecified atom stereocenters. The third-order valence-electron chi connectivity index (χ3n) is 27.6. The van der Waals surface area contributed by atoms with Gasteiger partial charge in [0.05, 0.1) is 75.3 Å². The van der Waals surface area contributed by atoms with E-state index in [0.717, 1.165) is 42.0 Å². The number of amidine groups is 5. The van der Waals surface area contributed by atoms with Gasteiger partial charge in [-0.05, 0) is 220 Å². The number of hydrogen-bond acceptors (Lipinski definition) is 28. The van der Waals surface area contributed by atoms with Crippen molar-refractivity contribution in [2.75, 3.05) is 5.73 Å². The number of nitrogen functional groups attached to an aromatic ring is 1. The third kappa shape index (κ3) is 21.8. The molecule has 10 aliphatic rings. The van der Waals surface area contributed by atoms with Crippen LogP contribution in [0.25, 0.3) is 0 Å². The number of aliphatic imine (C=N–C) groups is 5.